The smallest absolute Gasteiger partial charge is 0.172 e. The Bertz CT molecular complexity index is 1210. The van der Waals surface area contributed by atoms with Gasteiger partial charge < -0.3 is 14.7 Å². The van der Waals surface area contributed by atoms with E-state index in [4.69, 9.17) is 15.3 Å². The predicted molar refractivity (Wildman–Crippen MR) is 122 cm³/mol. The molecular weight excluding hydrogens is 400 g/mol. The van der Waals surface area contributed by atoms with Gasteiger partial charge in [0.1, 0.15) is 29.4 Å². The number of benzene rings is 1. The summed E-state index contributed by atoms with van der Waals surface area (Å²) in [7, 11) is 0. The van der Waals surface area contributed by atoms with Gasteiger partial charge in [-0.05, 0) is 31.6 Å². The van der Waals surface area contributed by atoms with E-state index in [1.165, 1.54) is 0 Å². The minimum Gasteiger partial charge on any atom is -0.480 e. The summed E-state index contributed by atoms with van der Waals surface area (Å²) in [5, 5.41) is 37.1. The second-order valence-corrected chi connectivity index (χ2v) is 7.56. The van der Waals surface area contributed by atoms with Gasteiger partial charge in [-0.1, -0.05) is 48.6 Å². The van der Waals surface area contributed by atoms with Crippen molar-refractivity contribution in [3.8, 4) is 18.2 Å². The number of anilines is 1. The zero-order valence-electron chi connectivity index (χ0n) is 17.9. The molecule has 2 aliphatic rings. The van der Waals surface area contributed by atoms with Crippen LogP contribution < -0.4 is 4.90 Å². The van der Waals surface area contributed by atoms with E-state index in [-0.39, 0.29) is 23.5 Å². The summed E-state index contributed by atoms with van der Waals surface area (Å²) in [4.78, 5) is 2.01. The maximum absolute atomic E-state index is 9.57. The van der Waals surface area contributed by atoms with E-state index in [1.807, 2.05) is 59.7 Å². The Labute approximate surface area is 187 Å². The molecule has 0 saturated carbocycles. The van der Waals surface area contributed by atoms with Crippen LogP contribution in [0.5, 0.6) is 0 Å². The monoisotopic (exact) mass is 422 g/mol. The zero-order valence-corrected chi connectivity index (χ0v) is 17.9. The molecule has 6 heteroatoms. The number of aliphatic hydroxyl groups excluding tert-OH is 1. The van der Waals surface area contributed by atoms with Gasteiger partial charge in [0.2, 0.25) is 0 Å². The number of hydrogen-bond acceptors (Lipinski definition) is 6. The second kappa shape index (κ2) is 9.67. The van der Waals surface area contributed by atoms with Gasteiger partial charge in [0.05, 0.1) is 6.61 Å². The molecule has 0 bridgehead atoms. The lowest BCUT2D eigenvalue weighted by atomic mass is 9.94. The first-order chi connectivity index (χ1) is 15.5. The first kappa shape index (κ1) is 22.4. The number of β-amino-alcohol motifs (C(OH)–C–C–N with tert-alkyl or cyclic N) is 1. The summed E-state index contributed by atoms with van der Waals surface area (Å²) in [6.07, 6.45) is 13.2. The van der Waals surface area contributed by atoms with Crippen molar-refractivity contribution in [2.75, 3.05) is 18.1 Å². The number of para-hydroxylation sites is 1. The molecule has 6 nitrogen and oxygen atoms in total. The van der Waals surface area contributed by atoms with Gasteiger partial charge in [-0.25, -0.2) is 0 Å². The topological polar surface area (TPSA) is 104 Å². The third kappa shape index (κ3) is 4.40. The van der Waals surface area contributed by atoms with Gasteiger partial charge >= 0.3 is 0 Å². The number of nitriles is 3. The van der Waals surface area contributed by atoms with Gasteiger partial charge in [0, 0.05) is 29.6 Å². The molecule has 158 valence electrons. The lowest BCUT2D eigenvalue weighted by molar-refractivity contribution is 0.0954. The first-order valence-corrected chi connectivity index (χ1v) is 10.1. The number of rotatable bonds is 5. The average Bonchev–Trinajstić information content (AvgIpc) is 3.05. The quantitative estimate of drug-likeness (QED) is 0.556. The van der Waals surface area contributed by atoms with Crippen LogP contribution >= 0.6 is 0 Å². The lowest BCUT2D eigenvalue weighted by Crippen LogP contribution is -2.23. The maximum atomic E-state index is 9.57. The Morgan fingerprint density at radius 2 is 1.88 bits per heavy atom. The van der Waals surface area contributed by atoms with E-state index < -0.39 is 5.60 Å². The van der Waals surface area contributed by atoms with Crippen LogP contribution in [0.4, 0.5) is 5.69 Å². The molecule has 0 spiro atoms. The molecule has 0 fully saturated rings. The highest BCUT2D eigenvalue weighted by atomic mass is 16.5. The van der Waals surface area contributed by atoms with E-state index >= 15 is 0 Å². The minimum absolute atomic E-state index is 0.0321. The molecule has 0 atom stereocenters. The standard InChI is InChI=1S/C26H22N4O2/c1-26(2)23(22(18-29)25(32-26)20(16-27)17-28)10-5-3-4-8-19-12-13-30(14-15-31)24-11-7-6-9-21(19)24/h3-13,31H,14-15H2,1-2H3/b4-3+,10-5+,19-8-. The van der Waals surface area contributed by atoms with Crippen molar-refractivity contribution >= 4 is 11.3 Å². The van der Waals surface area contributed by atoms with Crippen molar-refractivity contribution < 1.29 is 9.84 Å². The number of hydrogen-bond donors (Lipinski definition) is 1. The molecule has 0 amide bonds. The van der Waals surface area contributed by atoms with E-state index in [9.17, 15) is 10.4 Å². The van der Waals surface area contributed by atoms with Crippen molar-refractivity contribution in [3.05, 3.63) is 95.0 Å². The zero-order chi connectivity index (χ0) is 23.1. The highest BCUT2D eigenvalue weighted by Gasteiger charge is 2.38. The Balaban J connectivity index is 1.86. The summed E-state index contributed by atoms with van der Waals surface area (Å²) in [5.74, 6) is 0.0321. The van der Waals surface area contributed by atoms with Gasteiger partial charge in [-0.3, -0.25) is 0 Å². The molecular formula is C26H22N4O2. The number of aliphatic hydroxyl groups is 1. The van der Waals surface area contributed by atoms with Crippen molar-refractivity contribution in [2.24, 2.45) is 0 Å². The molecule has 0 aliphatic carbocycles. The number of ether oxygens (including phenoxy) is 1. The largest absolute Gasteiger partial charge is 0.480 e. The van der Waals surface area contributed by atoms with Crippen LogP contribution in [-0.4, -0.2) is 23.9 Å². The van der Waals surface area contributed by atoms with Gasteiger partial charge in [0.25, 0.3) is 0 Å². The fourth-order valence-electron chi connectivity index (χ4n) is 3.61. The molecule has 0 unspecified atom stereocenters. The van der Waals surface area contributed by atoms with Crippen LogP contribution in [0.1, 0.15) is 19.4 Å². The van der Waals surface area contributed by atoms with E-state index in [0.717, 1.165) is 16.8 Å². The maximum Gasteiger partial charge on any atom is 0.172 e. The summed E-state index contributed by atoms with van der Waals surface area (Å²) >= 11 is 0. The molecule has 2 heterocycles. The number of allylic oxidation sites excluding steroid dienone is 8. The van der Waals surface area contributed by atoms with Crippen molar-refractivity contribution in [3.63, 3.8) is 0 Å². The molecule has 32 heavy (non-hydrogen) atoms. The Kier molecular flexibility index (Phi) is 6.76. The molecule has 0 aromatic heterocycles. The third-order valence-electron chi connectivity index (χ3n) is 5.13. The normalized spacial score (nSPS) is 17.9. The SMILES string of the molecule is CC1(C)OC(=C(C#N)C#N)C(C#N)=C1/C=C/C=C/C=C1/C=CN(CCO)c2ccccc21. The van der Waals surface area contributed by atoms with E-state index in [0.29, 0.717) is 12.1 Å². The van der Waals surface area contributed by atoms with Crippen LogP contribution in [0.15, 0.2) is 89.4 Å². The Morgan fingerprint density at radius 1 is 1.12 bits per heavy atom. The van der Waals surface area contributed by atoms with Crippen LogP contribution in [0.25, 0.3) is 5.57 Å². The minimum atomic E-state index is -0.830. The van der Waals surface area contributed by atoms with E-state index in [2.05, 4.69) is 6.07 Å². The van der Waals surface area contributed by atoms with Gasteiger partial charge in [-0.2, -0.15) is 15.8 Å². The summed E-state index contributed by atoms with van der Waals surface area (Å²) in [5.41, 5.74) is 2.92. The fourth-order valence-corrected chi connectivity index (χ4v) is 3.61. The van der Waals surface area contributed by atoms with E-state index in [1.54, 1.807) is 38.1 Å². The molecule has 0 saturated heterocycles. The van der Waals surface area contributed by atoms with Crippen LogP contribution in [0, 0.1) is 34.0 Å². The van der Waals surface area contributed by atoms with Crippen LogP contribution in [0.3, 0.4) is 0 Å². The predicted octanol–water partition coefficient (Wildman–Crippen LogP) is 4.44. The number of nitrogens with zero attached hydrogens (tertiary/aromatic N) is 4. The highest BCUT2D eigenvalue weighted by molar-refractivity contribution is 5.86. The number of fused-ring (bicyclic) bond motifs is 1. The third-order valence-corrected chi connectivity index (χ3v) is 5.13. The Morgan fingerprint density at radius 3 is 2.56 bits per heavy atom. The Hall–Kier alpha value is -4.31. The molecule has 3 rings (SSSR count). The summed E-state index contributed by atoms with van der Waals surface area (Å²) in [6, 6.07) is 13.6. The lowest BCUT2D eigenvalue weighted by Gasteiger charge is -2.26. The van der Waals surface area contributed by atoms with Crippen molar-refractivity contribution in [1.29, 1.82) is 15.8 Å². The van der Waals surface area contributed by atoms with Crippen LogP contribution in [0.2, 0.25) is 0 Å². The summed E-state index contributed by atoms with van der Waals surface area (Å²) < 4.78 is 5.75. The van der Waals surface area contributed by atoms with Crippen LogP contribution in [-0.2, 0) is 4.74 Å². The molecule has 1 aromatic carbocycles. The van der Waals surface area contributed by atoms with Gasteiger partial charge in [-0.15, -0.1) is 0 Å². The second-order valence-electron chi connectivity index (χ2n) is 7.56. The highest BCUT2D eigenvalue weighted by Crippen LogP contribution is 2.40. The average molecular weight is 422 g/mol. The molecule has 2 aliphatic heterocycles. The van der Waals surface area contributed by atoms with Gasteiger partial charge in [0.15, 0.2) is 11.3 Å². The molecule has 1 N–H and O–H groups in total. The first-order valence-electron chi connectivity index (χ1n) is 10.1. The van der Waals surface area contributed by atoms with Crippen molar-refractivity contribution in [2.45, 2.75) is 19.4 Å². The fraction of sp³-hybridized carbons (Fsp3) is 0.192. The van der Waals surface area contributed by atoms with Crippen molar-refractivity contribution in [1.82, 2.24) is 0 Å². The molecule has 1 aromatic rings. The molecule has 0 radical (unpaired) electrons. The summed E-state index contributed by atoms with van der Waals surface area (Å²) in [6.45, 7) is 4.18.